The highest BCUT2D eigenvalue weighted by Crippen LogP contribution is 2.41. The summed E-state index contributed by atoms with van der Waals surface area (Å²) in [5.74, 6) is -2.91. The first-order valence-electron chi connectivity index (χ1n) is 36.1. The molecular formula is C78H96N6O23. The van der Waals surface area contributed by atoms with Crippen molar-refractivity contribution in [3.05, 3.63) is 215 Å². The number of rotatable bonds is 31. The van der Waals surface area contributed by atoms with Gasteiger partial charge in [0.15, 0.2) is 25.2 Å². The van der Waals surface area contributed by atoms with E-state index < -0.39 is 159 Å². The second-order valence-corrected chi connectivity index (χ2v) is 27.0. The quantitative estimate of drug-likeness (QED) is 0.0251. The first-order chi connectivity index (χ1) is 52.0. The lowest BCUT2D eigenvalue weighted by Gasteiger charge is -2.50. The summed E-state index contributed by atoms with van der Waals surface area (Å²) in [7, 11) is 0. The Hall–Kier alpha value is -8.73. The van der Waals surface area contributed by atoms with Crippen LogP contribution in [-0.2, 0) is 99.2 Å². The number of carbonyl (C=O) groups excluding carboxylic acids is 5. The predicted octanol–water partition coefficient (Wildman–Crippen LogP) is 5.16. The Labute approximate surface area is 620 Å². The van der Waals surface area contributed by atoms with Crippen molar-refractivity contribution in [3.8, 4) is 0 Å². The van der Waals surface area contributed by atoms with Crippen molar-refractivity contribution in [3.63, 3.8) is 0 Å². The summed E-state index contributed by atoms with van der Waals surface area (Å²) in [5, 5.41) is 70.7. The molecule has 576 valence electrons. The molecule has 4 saturated heterocycles. The molecule has 11 rings (SSSR count). The minimum absolute atomic E-state index is 0.0402. The predicted molar refractivity (Wildman–Crippen MR) is 380 cm³/mol. The second kappa shape index (κ2) is 39.4. The Kier molecular flexibility index (Phi) is 29.2. The average molecular weight is 1490 g/mol. The van der Waals surface area contributed by atoms with Crippen molar-refractivity contribution < 1.29 is 111 Å². The summed E-state index contributed by atoms with van der Waals surface area (Å²) in [4.78, 5) is 70.3. The van der Waals surface area contributed by atoms with Crippen LogP contribution in [0.2, 0.25) is 0 Å². The summed E-state index contributed by atoms with van der Waals surface area (Å²) >= 11 is 0. The highest BCUT2D eigenvalue weighted by Gasteiger charge is 2.57. The van der Waals surface area contributed by atoms with Gasteiger partial charge in [0, 0.05) is 50.1 Å². The van der Waals surface area contributed by atoms with Crippen LogP contribution in [0.4, 0.5) is 19.2 Å². The van der Waals surface area contributed by atoms with Gasteiger partial charge in [-0.3, -0.25) is 4.79 Å². The van der Waals surface area contributed by atoms with Crippen molar-refractivity contribution in [2.75, 3.05) is 45.9 Å². The molecule has 4 heterocycles. The number of alkyl carbamates (subject to hydrolysis) is 3. The third-order valence-electron chi connectivity index (χ3n) is 19.5. The van der Waals surface area contributed by atoms with Gasteiger partial charge in [0.1, 0.15) is 93.6 Å². The number of aliphatic hydroxyl groups is 5. The van der Waals surface area contributed by atoms with Gasteiger partial charge in [-0.15, -0.1) is 0 Å². The third kappa shape index (κ3) is 22.0. The fraction of sp³-hybridized carbons (Fsp3) is 0.474. The maximum absolute atomic E-state index is 14.4. The molecule has 6 aromatic carbocycles. The normalized spacial score (nSPS) is 29.2. The highest BCUT2D eigenvalue weighted by molar-refractivity contribution is 5.81. The minimum atomic E-state index is -1.87. The van der Waals surface area contributed by atoms with Gasteiger partial charge in [0.25, 0.3) is 0 Å². The topological polar surface area (TPSA) is 384 Å². The van der Waals surface area contributed by atoms with E-state index in [1.54, 1.807) is 92.7 Å². The summed E-state index contributed by atoms with van der Waals surface area (Å²) < 4.78 is 82.6. The number of benzene rings is 6. The van der Waals surface area contributed by atoms with E-state index in [2.05, 4.69) is 21.3 Å². The number of hydrogen-bond donors (Lipinski definition) is 10. The summed E-state index contributed by atoms with van der Waals surface area (Å²) in [6.07, 6.45) is -27.4. The van der Waals surface area contributed by atoms with Crippen molar-refractivity contribution >= 4 is 30.3 Å². The van der Waals surface area contributed by atoms with Gasteiger partial charge < -0.3 is 119 Å². The van der Waals surface area contributed by atoms with Gasteiger partial charge in [-0.05, 0) is 47.1 Å². The second-order valence-electron chi connectivity index (χ2n) is 27.0. The zero-order chi connectivity index (χ0) is 75.2. The number of aliphatic hydroxyl groups excluding tert-OH is 5. The molecule has 1 saturated carbocycles. The molecule has 0 spiro atoms. The van der Waals surface area contributed by atoms with E-state index in [4.69, 9.17) is 67.3 Å². The fourth-order valence-corrected chi connectivity index (χ4v) is 13.3. The molecular weight excluding hydrogens is 1390 g/mol. The van der Waals surface area contributed by atoms with Crippen LogP contribution in [-0.4, -0.2) is 217 Å². The molecule has 6 aromatic rings. The summed E-state index contributed by atoms with van der Waals surface area (Å²) in [6, 6.07) is 51.8. The van der Waals surface area contributed by atoms with E-state index in [9.17, 15) is 49.5 Å². The molecule has 29 nitrogen and oxygen atoms in total. The molecule has 0 aromatic heterocycles. The Morgan fingerprint density at radius 3 is 1.61 bits per heavy atom. The number of nitrogens with two attached hydrogens (primary N) is 1. The van der Waals surface area contributed by atoms with Gasteiger partial charge in [-0.25, -0.2) is 19.2 Å². The van der Waals surface area contributed by atoms with E-state index in [1.807, 2.05) is 103 Å². The van der Waals surface area contributed by atoms with Gasteiger partial charge in [0.2, 0.25) is 5.91 Å². The molecule has 4 aliphatic heterocycles. The lowest BCUT2D eigenvalue weighted by molar-refractivity contribution is -0.366. The fourth-order valence-electron chi connectivity index (χ4n) is 13.3. The average Bonchev–Trinajstić information content (AvgIpc) is 1.74. The zero-order valence-corrected chi connectivity index (χ0v) is 59.5. The van der Waals surface area contributed by atoms with Crippen LogP contribution in [0.1, 0.15) is 66.4 Å². The molecule has 5 aliphatic rings. The SMILES string of the molecule is C[C@H]1[C@@H](O[C@H]2[C@@H](OCCN(CCc3ccccc3)C(=O)OCc3ccccc3)[C@H](O[C@@H]3[C@@H](O)[C@H](NC(=O)[C@@H](O)CCNC(=O)OCc4ccccc4)C[C@H](NC(=O)OCc4ccccc4)[C@H]3O[C@H]3O[C@@H]4COC(c5ccccc5)O[C@H]4[C@H](O)[C@H]3C)O[C@@H]2CN)O[C@@H](CNC(=O)OCc2ccccc2)[C@@H](O)[C@@H]1O. The Morgan fingerprint density at radius 1 is 0.514 bits per heavy atom. The molecule has 107 heavy (non-hydrogen) atoms. The van der Waals surface area contributed by atoms with Gasteiger partial charge in [-0.2, -0.15) is 0 Å². The third-order valence-corrected chi connectivity index (χ3v) is 19.5. The molecule has 5 amide bonds. The number of nitrogens with one attached hydrogen (secondary N) is 4. The lowest BCUT2D eigenvalue weighted by atomic mass is 9.82. The molecule has 29 heteroatoms. The van der Waals surface area contributed by atoms with Gasteiger partial charge in [-0.1, -0.05) is 196 Å². The number of carbonyl (C=O) groups is 5. The molecule has 21 atom stereocenters. The summed E-state index contributed by atoms with van der Waals surface area (Å²) in [5.41, 5.74) is 11.1. The maximum atomic E-state index is 14.4. The number of nitrogens with zero attached hydrogens (tertiary/aromatic N) is 1. The van der Waals surface area contributed by atoms with Crippen molar-refractivity contribution in [1.82, 2.24) is 26.2 Å². The maximum Gasteiger partial charge on any atom is 0.410 e. The molecule has 11 N–H and O–H groups in total. The molecule has 0 bridgehead atoms. The van der Waals surface area contributed by atoms with Crippen LogP contribution in [0.25, 0.3) is 0 Å². The van der Waals surface area contributed by atoms with Crippen LogP contribution in [0.3, 0.4) is 0 Å². The molecule has 1 unspecified atom stereocenters. The molecule has 5 fully saturated rings. The van der Waals surface area contributed by atoms with Crippen LogP contribution < -0.4 is 27.0 Å². The van der Waals surface area contributed by atoms with Crippen LogP contribution in [0.5, 0.6) is 0 Å². The van der Waals surface area contributed by atoms with Gasteiger partial charge >= 0.3 is 24.4 Å². The van der Waals surface area contributed by atoms with Crippen LogP contribution in [0.15, 0.2) is 182 Å². The minimum Gasteiger partial charge on any atom is -0.445 e. The van der Waals surface area contributed by atoms with E-state index in [1.165, 1.54) is 4.90 Å². The smallest absolute Gasteiger partial charge is 0.410 e. The Balaban J connectivity index is 0.905. The monoisotopic (exact) mass is 1480 g/mol. The first kappa shape index (κ1) is 79.3. The van der Waals surface area contributed by atoms with E-state index in [0.29, 0.717) is 17.5 Å². The molecule has 1 aliphatic carbocycles. The van der Waals surface area contributed by atoms with Crippen LogP contribution >= 0.6 is 0 Å². The first-order valence-corrected chi connectivity index (χ1v) is 36.1. The highest BCUT2D eigenvalue weighted by atomic mass is 16.8. The van der Waals surface area contributed by atoms with Crippen molar-refractivity contribution in [2.45, 2.75) is 176 Å². The summed E-state index contributed by atoms with van der Waals surface area (Å²) in [6.45, 7) is 1.69. The zero-order valence-electron chi connectivity index (χ0n) is 59.5. The standard InChI is InChI=1S/C78H96N6O23/c1-47-61(86)64(89)59(41-81-76(92)98-43-51-25-13-5-14-26-51)102-71(47)106-67-58(40-79)101-74(69(67)95-38-37-84(36-34-49-21-9-3-10-22-49)78(94)100-45-53-29-17-7-18-30-53)107-68-63(88)55(82-70(90)57(85)33-35-80-75(91)97-42-50-23-11-4-12-24-50)39-56(83-77(93)99-44-52-27-15-6-16-28-52)65(68)104-72-48(2)62(87)66-60(103-72)46-96-73(105-66)54-31-19-8-20-32-54/h3-32,47-48,55-69,71-74,85-89H,33-46,79H2,1-2H3,(H,80,91)(H,81,92)(H,82,90)(H,83,93)/t47-,48-,55-,56+,57+,58-,59+,60-,61-,62-,63+,64-,65-,66-,67-,68-,69-,71-,72-,73?,74+/m1/s1. The largest absolute Gasteiger partial charge is 0.445 e. The van der Waals surface area contributed by atoms with E-state index in [0.717, 1.165) is 22.3 Å². The van der Waals surface area contributed by atoms with E-state index >= 15 is 0 Å². The number of amides is 5. The van der Waals surface area contributed by atoms with Crippen LogP contribution in [0, 0.1) is 11.8 Å². The van der Waals surface area contributed by atoms with E-state index in [-0.39, 0.29) is 85.2 Å². The molecule has 0 radical (unpaired) electrons. The van der Waals surface area contributed by atoms with Crippen molar-refractivity contribution in [2.24, 2.45) is 17.6 Å². The Bertz CT molecular complexity index is 3700. The van der Waals surface area contributed by atoms with Gasteiger partial charge in [0.05, 0.1) is 37.5 Å². The number of ether oxygens (including phenoxy) is 13. The van der Waals surface area contributed by atoms with Crippen molar-refractivity contribution in [1.29, 1.82) is 0 Å². The number of hydrogen-bond acceptors (Lipinski definition) is 24. The number of fused-ring (bicyclic) bond motifs is 1. The Morgan fingerprint density at radius 2 is 1.02 bits per heavy atom. The lowest BCUT2D eigenvalue weighted by Crippen LogP contribution is -2.68.